The van der Waals surface area contributed by atoms with Crippen LogP contribution in [0.2, 0.25) is 0 Å². The molecule has 1 N–H and O–H groups in total. The molecule has 3 aromatic rings. The summed E-state index contributed by atoms with van der Waals surface area (Å²) in [7, 11) is 0. The molecule has 0 saturated carbocycles. The highest BCUT2D eigenvalue weighted by atomic mass is 32.1. The number of halogens is 1. The van der Waals surface area contributed by atoms with E-state index < -0.39 is 5.97 Å². The Labute approximate surface area is 135 Å². The SMILES string of the molecule is Cc1nc(-c2ccc(Oc3ccc(F)cc3)cc2)sc1C(=O)O. The molecule has 6 heteroatoms. The minimum Gasteiger partial charge on any atom is -0.477 e. The Balaban J connectivity index is 1.80. The van der Waals surface area contributed by atoms with Crippen molar-refractivity contribution in [3.63, 3.8) is 0 Å². The highest BCUT2D eigenvalue weighted by Gasteiger charge is 2.14. The fraction of sp³-hybridized carbons (Fsp3) is 0.0588. The van der Waals surface area contributed by atoms with Gasteiger partial charge in [0.25, 0.3) is 0 Å². The van der Waals surface area contributed by atoms with Crippen LogP contribution >= 0.6 is 11.3 Å². The second kappa shape index (κ2) is 6.18. The maximum Gasteiger partial charge on any atom is 0.347 e. The van der Waals surface area contributed by atoms with Gasteiger partial charge >= 0.3 is 5.97 Å². The standard InChI is InChI=1S/C17H12FNO3S/c1-10-15(17(20)21)23-16(19-10)11-2-6-13(7-3-11)22-14-8-4-12(18)5-9-14/h2-9H,1H3,(H,20,21). The number of ether oxygens (including phenoxy) is 1. The van der Waals surface area contributed by atoms with E-state index in [1.165, 1.54) is 12.1 Å². The van der Waals surface area contributed by atoms with Crippen LogP contribution in [0.4, 0.5) is 4.39 Å². The minimum atomic E-state index is -0.970. The molecule has 0 amide bonds. The monoisotopic (exact) mass is 329 g/mol. The van der Waals surface area contributed by atoms with E-state index in [1.54, 1.807) is 31.2 Å². The van der Waals surface area contributed by atoms with Crippen LogP contribution < -0.4 is 4.74 Å². The molecule has 0 aliphatic carbocycles. The van der Waals surface area contributed by atoms with Crippen molar-refractivity contribution in [1.82, 2.24) is 4.98 Å². The van der Waals surface area contributed by atoms with Crippen LogP contribution in [0.15, 0.2) is 48.5 Å². The van der Waals surface area contributed by atoms with E-state index in [9.17, 15) is 9.18 Å². The van der Waals surface area contributed by atoms with Gasteiger partial charge in [0.05, 0.1) is 5.69 Å². The van der Waals surface area contributed by atoms with Crippen molar-refractivity contribution in [2.45, 2.75) is 6.92 Å². The zero-order valence-corrected chi connectivity index (χ0v) is 12.9. The van der Waals surface area contributed by atoms with E-state index in [0.29, 0.717) is 22.2 Å². The molecule has 0 bridgehead atoms. The summed E-state index contributed by atoms with van der Waals surface area (Å²) in [5.41, 5.74) is 1.32. The van der Waals surface area contributed by atoms with Gasteiger partial charge in [0, 0.05) is 5.56 Å². The number of benzene rings is 2. The Morgan fingerprint density at radius 3 is 2.17 bits per heavy atom. The average molecular weight is 329 g/mol. The molecule has 0 unspecified atom stereocenters. The van der Waals surface area contributed by atoms with Crippen molar-refractivity contribution >= 4 is 17.3 Å². The number of carboxylic acids is 1. The van der Waals surface area contributed by atoms with Crippen LogP contribution in [-0.4, -0.2) is 16.1 Å². The first-order valence-electron chi connectivity index (χ1n) is 6.77. The summed E-state index contributed by atoms with van der Waals surface area (Å²) in [6.45, 7) is 1.68. The van der Waals surface area contributed by atoms with Gasteiger partial charge in [-0.3, -0.25) is 0 Å². The molecular formula is C17H12FNO3S. The number of carboxylic acid groups (broad SMARTS) is 1. The molecule has 1 heterocycles. The number of rotatable bonds is 4. The third-order valence-corrected chi connectivity index (χ3v) is 4.34. The van der Waals surface area contributed by atoms with Crippen LogP contribution in [0.3, 0.4) is 0 Å². The Morgan fingerprint density at radius 2 is 1.65 bits per heavy atom. The lowest BCUT2D eigenvalue weighted by atomic mass is 10.2. The third-order valence-electron chi connectivity index (χ3n) is 3.14. The van der Waals surface area contributed by atoms with Crippen molar-refractivity contribution in [2.75, 3.05) is 0 Å². The highest BCUT2D eigenvalue weighted by Crippen LogP contribution is 2.30. The molecule has 1 aromatic heterocycles. The number of hydrogen-bond donors (Lipinski definition) is 1. The van der Waals surface area contributed by atoms with Gasteiger partial charge in [-0.1, -0.05) is 0 Å². The molecular weight excluding hydrogens is 317 g/mol. The van der Waals surface area contributed by atoms with E-state index >= 15 is 0 Å². The molecule has 0 aliphatic heterocycles. The topological polar surface area (TPSA) is 59.4 Å². The Hall–Kier alpha value is -2.73. The quantitative estimate of drug-likeness (QED) is 0.750. The smallest absolute Gasteiger partial charge is 0.347 e. The predicted molar refractivity (Wildman–Crippen MR) is 85.7 cm³/mol. The molecule has 0 radical (unpaired) electrons. The molecule has 3 rings (SSSR count). The van der Waals surface area contributed by atoms with Gasteiger partial charge in [0.2, 0.25) is 0 Å². The summed E-state index contributed by atoms with van der Waals surface area (Å²) < 4.78 is 18.5. The Bertz CT molecular complexity index is 841. The zero-order valence-electron chi connectivity index (χ0n) is 12.1. The lowest BCUT2D eigenvalue weighted by Gasteiger charge is -2.06. The fourth-order valence-electron chi connectivity index (χ4n) is 2.02. The molecule has 0 saturated heterocycles. The molecule has 0 spiro atoms. The molecule has 0 atom stereocenters. The summed E-state index contributed by atoms with van der Waals surface area (Å²) in [6, 6.07) is 12.9. The van der Waals surface area contributed by atoms with Crippen LogP contribution in [0.1, 0.15) is 15.4 Å². The van der Waals surface area contributed by atoms with Crippen molar-refractivity contribution < 1.29 is 19.0 Å². The number of aromatic nitrogens is 1. The van der Waals surface area contributed by atoms with Gasteiger partial charge in [-0.25, -0.2) is 14.2 Å². The lowest BCUT2D eigenvalue weighted by molar-refractivity contribution is 0.0701. The minimum absolute atomic E-state index is 0.242. The Morgan fingerprint density at radius 1 is 1.09 bits per heavy atom. The van der Waals surface area contributed by atoms with Gasteiger partial charge < -0.3 is 9.84 Å². The van der Waals surface area contributed by atoms with E-state index in [4.69, 9.17) is 9.84 Å². The Kier molecular flexibility index (Phi) is 4.08. The second-order valence-corrected chi connectivity index (χ2v) is 5.82. The lowest BCUT2D eigenvalue weighted by Crippen LogP contribution is -1.94. The fourth-order valence-corrected chi connectivity index (χ4v) is 2.93. The van der Waals surface area contributed by atoms with E-state index in [2.05, 4.69) is 4.98 Å². The number of thiazole rings is 1. The van der Waals surface area contributed by atoms with Gasteiger partial charge in [-0.05, 0) is 55.5 Å². The normalized spacial score (nSPS) is 10.5. The molecule has 116 valence electrons. The van der Waals surface area contributed by atoms with Crippen molar-refractivity contribution in [3.05, 3.63) is 64.9 Å². The van der Waals surface area contributed by atoms with Crippen molar-refractivity contribution in [2.24, 2.45) is 0 Å². The van der Waals surface area contributed by atoms with Crippen molar-refractivity contribution in [1.29, 1.82) is 0 Å². The molecule has 0 fully saturated rings. The first-order chi connectivity index (χ1) is 11.0. The predicted octanol–water partition coefficient (Wildman–Crippen LogP) is 4.75. The summed E-state index contributed by atoms with van der Waals surface area (Å²) >= 11 is 1.14. The summed E-state index contributed by atoms with van der Waals surface area (Å²) in [5.74, 6) is -0.145. The number of carbonyl (C=O) groups is 1. The molecule has 4 nitrogen and oxygen atoms in total. The van der Waals surface area contributed by atoms with Gasteiger partial charge in [0.1, 0.15) is 27.2 Å². The van der Waals surface area contributed by atoms with Crippen LogP contribution in [0, 0.1) is 12.7 Å². The number of aromatic carboxylic acids is 1. The maximum absolute atomic E-state index is 12.9. The van der Waals surface area contributed by atoms with Crippen LogP contribution in [0.25, 0.3) is 10.6 Å². The first kappa shape index (κ1) is 15.2. The summed E-state index contributed by atoms with van der Waals surface area (Å²) in [5, 5.41) is 9.72. The summed E-state index contributed by atoms with van der Waals surface area (Å²) in [6.07, 6.45) is 0. The second-order valence-electron chi connectivity index (χ2n) is 4.82. The van der Waals surface area contributed by atoms with Gasteiger partial charge in [0.15, 0.2) is 0 Å². The van der Waals surface area contributed by atoms with E-state index in [1.807, 2.05) is 12.1 Å². The van der Waals surface area contributed by atoms with E-state index in [0.717, 1.165) is 16.9 Å². The van der Waals surface area contributed by atoms with E-state index in [-0.39, 0.29) is 10.7 Å². The number of nitrogens with zero attached hydrogens (tertiary/aromatic N) is 1. The first-order valence-corrected chi connectivity index (χ1v) is 7.59. The molecule has 0 aliphatic rings. The van der Waals surface area contributed by atoms with Gasteiger partial charge in [-0.2, -0.15) is 0 Å². The van der Waals surface area contributed by atoms with Gasteiger partial charge in [-0.15, -0.1) is 11.3 Å². The highest BCUT2D eigenvalue weighted by molar-refractivity contribution is 7.17. The number of aryl methyl sites for hydroxylation is 1. The average Bonchev–Trinajstić information content (AvgIpc) is 2.92. The third kappa shape index (κ3) is 3.37. The maximum atomic E-state index is 12.9. The molecule has 23 heavy (non-hydrogen) atoms. The summed E-state index contributed by atoms with van der Waals surface area (Å²) in [4.78, 5) is 15.6. The van der Waals surface area contributed by atoms with Crippen LogP contribution in [-0.2, 0) is 0 Å². The zero-order chi connectivity index (χ0) is 16.4. The van der Waals surface area contributed by atoms with Crippen molar-refractivity contribution in [3.8, 4) is 22.1 Å². The number of hydrogen-bond acceptors (Lipinski definition) is 4. The molecule has 2 aromatic carbocycles. The van der Waals surface area contributed by atoms with Crippen LogP contribution in [0.5, 0.6) is 11.5 Å². The largest absolute Gasteiger partial charge is 0.477 e.